The number of hydrogen-bond acceptors (Lipinski definition) is 4. The summed E-state index contributed by atoms with van der Waals surface area (Å²) in [6.07, 6.45) is 2.61. The molecule has 156 valence electrons. The van der Waals surface area contributed by atoms with E-state index >= 15 is 0 Å². The third-order valence-electron chi connectivity index (χ3n) is 5.56. The Morgan fingerprint density at radius 2 is 1.76 bits per heavy atom. The predicted molar refractivity (Wildman–Crippen MR) is 115 cm³/mol. The number of amides is 1. The van der Waals surface area contributed by atoms with Crippen molar-refractivity contribution < 1.29 is 14.3 Å². The molecule has 2 aromatic carbocycles. The Morgan fingerprint density at radius 1 is 1.07 bits per heavy atom. The Bertz CT molecular complexity index is 819. The lowest BCUT2D eigenvalue weighted by Gasteiger charge is -2.30. The van der Waals surface area contributed by atoms with Crippen LogP contribution in [0.5, 0.6) is 11.5 Å². The summed E-state index contributed by atoms with van der Waals surface area (Å²) in [6.45, 7) is 6.11. The van der Waals surface area contributed by atoms with Gasteiger partial charge in [0, 0.05) is 32.2 Å². The summed E-state index contributed by atoms with van der Waals surface area (Å²) >= 11 is 0. The molecule has 29 heavy (non-hydrogen) atoms. The van der Waals surface area contributed by atoms with Gasteiger partial charge in [0.15, 0.2) is 11.5 Å². The largest absolute Gasteiger partial charge is 0.493 e. The van der Waals surface area contributed by atoms with E-state index in [0.717, 1.165) is 24.6 Å². The Morgan fingerprint density at radius 3 is 2.41 bits per heavy atom. The minimum Gasteiger partial charge on any atom is -0.493 e. The van der Waals surface area contributed by atoms with Crippen LogP contribution >= 0.6 is 0 Å². The van der Waals surface area contributed by atoms with Gasteiger partial charge in [-0.3, -0.25) is 9.69 Å². The van der Waals surface area contributed by atoms with E-state index in [0.29, 0.717) is 23.6 Å². The molecule has 0 spiro atoms. The number of likely N-dealkylation sites (tertiary alicyclic amines) is 1. The van der Waals surface area contributed by atoms with Crippen LogP contribution in [0.25, 0.3) is 0 Å². The van der Waals surface area contributed by atoms with E-state index in [-0.39, 0.29) is 5.91 Å². The zero-order valence-electron chi connectivity index (χ0n) is 18.0. The quantitative estimate of drug-likeness (QED) is 0.703. The van der Waals surface area contributed by atoms with Crippen LogP contribution in [0.1, 0.15) is 41.3 Å². The maximum Gasteiger partial charge on any atom is 0.253 e. The molecule has 0 unspecified atom stereocenters. The van der Waals surface area contributed by atoms with E-state index in [2.05, 4.69) is 24.0 Å². The topological polar surface area (TPSA) is 42.0 Å². The number of benzene rings is 2. The molecule has 0 aliphatic carbocycles. The van der Waals surface area contributed by atoms with Crippen molar-refractivity contribution in [3.8, 4) is 11.5 Å². The fourth-order valence-corrected chi connectivity index (χ4v) is 3.99. The minimum absolute atomic E-state index is 0.0120. The Labute approximate surface area is 174 Å². The molecule has 1 atom stereocenters. The summed E-state index contributed by atoms with van der Waals surface area (Å²) in [7, 11) is 5.05. The lowest BCUT2D eigenvalue weighted by atomic mass is 9.99. The normalized spacial score (nSPS) is 17.0. The highest BCUT2D eigenvalue weighted by molar-refractivity contribution is 5.94. The summed E-state index contributed by atoms with van der Waals surface area (Å²) in [4.78, 5) is 17.1. The van der Waals surface area contributed by atoms with E-state index in [9.17, 15) is 4.79 Å². The number of carbonyl (C=O) groups excluding carboxylic acids is 1. The summed E-state index contributed by atoms with van der Waals surface area (Å²) < 4.78 is 10.6. The van der Waals surface area contributed by atoms with Crippen molar-refractivity contribution in [1.29, 1.82) is 0 Å². The van der Waals surface area contributed by atoms with Gasteiger partial charge in [-0.05, 0) is 60.7 Å². The highest BCUT2D eigenvalue weighted by Gasteiger charge is 2.17. The number of nitrogens with zero attached hydrogens (tertiary/aromatic N) is 2. The molecule has 1 saturated heterocycles. The van der Waals surface area contributed by atoms with Crippen LogP contribution in [0, 0.1) is 5.92 Å². The second-order valence-corrected chi connectivity index (χ2v) is 8.03. The average molecular weight is 397 g/mol. The van der Waals surface area contributed by atoms with Gasteiger partial charge in [0.2, 0.25) is 0 Å². The predicted octanol–water partition coefficient (Wildman–Crippen LogP) is 4.21. The van der Waals surface area contributed by atoms with Crippen LogP contribution in [-0.4, -0.2) is 50.1 Å². The minimum atomic E-state index is 0.0120. The third-order valence-corrected chi connectivity index (χ3v) is 5.56. The van der Waals surface area contributed by atoms with Crippen LogP contribution in [0.4, 0.5) is 0 Å². The summed E-state index contributed by atoms with van der Waals surface area (Å²) in [6, 6.07) is 13.8. The molecule has 0 bridgehead atoms. The second kappa shape index (κ2) is 9.79. The van der Waals surface area contributed by atoms with E-state index in [1.165, 1.54) is 24.9 Å². The molecule has 1 aliphatic rings. The average Bonchev–Trinajstić information content (AvgIpc) is 2.73. The molecule has 3 rings (SSSR count). The van der Waals surface area contributed by atoms with E-state index in [1.54, 1.807) is 19.1 Å². The molecular formula is C24H32N2O3. The van der Waals surface area contributed by atoms with Crippen LogP contribution in [-0.2, 0) is 13.1 Å². The van der Waals surface area contributed by atoms with Crippen molar-refractivity contribution in [3.05, 3.63) is 59.2 Å². The number of hydrogen-bond donors (Lipinski definition) is 0. The molecule has 2 aromatic rings. The first-order valence-corrected chi connectivity index (χ1v) is 10.3. The molecule has 5 nitrogen and oxygen atoms in total. The van der Waals surface area contributed by atoms with Gasteiger partial charge in [-0.15, -0.1) is 0 Å². The highest BCUT2D eigenvalue weighted by Crippen LogP contribution is 2.28. The molecule has 1 heterocycles. The number of methoxy groups -OCH3 is 2. The van der Waals surface area contributed by atoms with Crippen molar-refractivity contribution in [3.63, 3.8) is 0 Å². The van der Waals surface area contributed by atoms with Crippen molar-refractivity contribution in [1.82, 2.24) is 9.80 Å². The standard InChI is InChI=1S/C24H32N2O3/c1-18-6-5-13-26(15-18)17-19-7-10-21(11-8-19)24(27)25(2)16-20-9-12-22(28-3)23(14-20)29-4/h7-12,14,18H,5-6,13,15-17H2,1-4H3/t18-/m1/s1. The zero-order chi connectivity index (χ0) is 20.8. The lowest BCUT2D eigenvalue weighted by molar-refractivity contribution is 0.0785. The first kappa shape index (κ1) is 21.2. The first-order chi connectivity index (χ1) is 14.0. The molecule has 0 saturated carbocycles. The third kappa shape index (κ3) is 5.51. The van der Waals surface area contributed by atoms with Gasteiger partial charge >= 0.3 is 0 Å². The molecule has 5 heteroatoms. The number of carbonyl (C=O) groups is 1. The van der Waals surface area contributed by atoms with E-state index < -0.39 is 0 Å². The van der Waals surface area contributed by atoms with Crippen LogP contribution < -0.4 is 9.47 Å². The van der Waals surface area contributed by atoms with Crippen LogP contribution in [0.2, 0.25) is 0 Å². The number of ether oxygens (including phenoxy) is 2. The maximum atomic E-state index is 12.8. The van der Waals surface area contributed by atoms with E-state index in [4.69, 9.17) is 9.47 Å². The van der Waals surface area contributed by atoms with E-state index in [1.807, 2.05) is 37.4 Å². The van der Waals surface area contributed by atoms with Gasteiger partial charge in [-0.1, -0.05) is 25.1 Å². The second-order valence-electron chi connectivity index (χ2n) is 8.03. The van der Waals surface area contributed by atoms with Gasteiger partial charge in [0.1, 0.15) is 0 Å². The van der Waals surface area contributed by atoms with Crippen LogP contribution in [0.15, 0.2) is 42.5 Å². The molecule has 0 aromatic heterocycles. The zero-order valence-corrected chi connectivity index (χ0v) is 18.0. The SMILES string of the molecule is COc1ccc(CN(C)C(=O)c2ccc(CN3CCC[C@@H](C)C3)cc2)cc1OC. The molecular weight excluding hydrogens is 364 g/mol. The number of rotatable bonds is 7. The van der Waals surface area contributed by atoms with Crippen molar-refractivity contribution in [2.45, 2.75) is 32.9 Å². The van der Waals surface area contributed by atoms with Gasteiger partial charge < -0.3 is 14.4 Å². The Balaban J connectivity index is 1.60. The summed E-state index contributed by atoms with van der Waals surface area (Å²) in [5.74, 6) is 2.14. The fourth-order valence-electron chi connectivity index (χ4n) is 3.99. The lowest BCUT2D eigenvalue weighted by Crippen LogP contribution is -2.33. The summed E-state index contributed by atoms with van der Waals surface area (Å²) in [5, 5.41) is 0. The van der Waals surface area contributed by atoms with Gasteiger partial charge in [-0.25, -0.2) is 0 Å². The Hall–Kier alpha value is -2.53. The van der Waals surface area contributed by atoms with Crippen molar-refractivity contribution >= 4 is 5.91 Å². The fraction of sp³-hybridized carbons (Fsp3) is 0.458. The van der Waals surface area contributed by atoms with Gasteiger partial charge in [0.05, 0.1) is 14.2 Å². The smallest absolute Gasteiger partial charge is 0.253 e. The summed E-state index contributed by atoms with van der Waals surface area (Å²) in [5.41, 5.74) is 2.97. The molecule has 1 amide bonds. The molecule has 1 aliphatic heterocycles. The van der Waals surface area contributed by atoms with Gasteiger partial charge in [-0.2, -0.15) is 0 Å². The van der Waals surface area contributed by atoms with Crippen LogP contribution in [0.3, 0.4) is 0 Å². The van der Waals surface area contributed by atoms with Gasteiger partial charge in [0.25, 0.3) is 5.91 Å². The number of piperidine rings is 1. The molecule has 1 fully saturated rings. The maximum absolute atomic E-state index is 12.8. The molecule has 0 N–H and O–H groups in total. The van der Waals surface area contributed by atoms with Crippen molar-refractivity contribution in [2.24, 2.45) is 5.92 Å². The first-order valence-electron chi connectivity index (χ1n) is 10.3. The molecule has 0 radical (unpaired) electrons. The monoisotopic (exact) mass is 396 g/mol. The van der Waals surface area contributed by atoms with Crippen molar-refractivity contribution in [2.75, 3.05) is 34.4 Å². The Kier molecular flexibility index (Phi) is 7.15. The highest BCUT2D eigenvalue weighted by atomic mass is 16.5.